The number of ketones is 1. The van der Waals surface area contributed by atoms with E-state index in [1.165, 1.54) is 6.92 Å². The Kier molecular flexibility index (Phi) is 5.54. The maximum absolute atomic E-state index is 12.6. The third-order valence-electron chi connectivity index (χ3n) is 4.48. The van der Waals surface area contributed by atoms with E-state index >= 15 is 0 Å². The molecule has 1 heterocycles. The number of amides is 2. The van der Waals surface area contributed by atoms with Crippen molar-refractivity contribution >= 4 is 29.0 Å². The van der Waals surface area contributed by atoms with E-state index in [0.717, 1.165) is 0 Å². The zero-order valence-corrected chi connectivity index (χ0v) is 15.4. The Morgan fingerprint density at radius 2 is 1.81 bits per heavy atom. The summed E-state index contributed by atoms with van der Waals surface area (Å²) in [6.07, 6.45) is 0.200. The number of carbonyl (C=O) groups is 3. The van der Waals surface area contributed by atoms with Gasteiger partial charge in [0.05, 0.1) is 5.69 Å². The van der Waals surface area contributed by atoms with Gasteiger partial charge in [-0.3, -0.25) is 14.4 Å². The van der Waals surface area contributed by atoms with Crippen molar-refractivity contribution < 1.29 is 19.1 Å². The van der Waals surface area contributed by atoms with Gasteiger partial charge >= 0.3 is 0 Å². The summed E-state index contributed by atoms with van der Waals surface area (Å²) in [4.78, 5) is 37.8. The summed E-state index contributed by atoms with van der Waals surface area (Å²) >= 11 is 0. The molecule has 2 aromatic rings. The number of nitrogens with zero attached hydrogens (tertiary/aromatic N) is 1. The summed E-state index contributed by atoms with van der Waals surface area (Å²) in [7, 11) is 0. The molecule has 6 heteroatoms. The van der Waals surface area contributed by atoms with Crippen molar-refractivity contribution in [1.82, 2.24) is 0 Å². The average molecular weight is 366 g/mol. The smallest absolute Gasteiger partial charge is 0.268 e. The minimum atomic E-state index is -0.526. The van der Waals surface area contributed by atoms with Crippen LogP contribution in [0.2, 0.25) is 0 Å². The number of nitrogens with one attached hydrogen (secondary N) is 1. The number of para-hydroxylation sites is 2. The molecule has 0 bridgehead atoms. The van der Waals surface area contributed by atoms with E-state index in [0.29, 0.717) is 29.1 Å². The quantitative estimate of drug-likeness (QED) is 0.795. The lowest BCUT2D eigenvalue weighted by molar-refractivity contribution is -0.126. The molecule has 1 N–H and O–H groups in total. The third-order valence-corrected chi connectivity index (χ3v) is 4.48. The Hall–Kier alpha value is -3.15. The molecule has 0 aromatic heterocycles. The highest BCUT2D eigenvalue weighted by Gasteiger charge is 2.33. The zero-order chi connectivity index (χ0) is 19.4. The summed E-state index contributed by atoms with van der Waals surface area (Å²) in [5, 5.41) is 2.79. The van der Waals surface area contributed by atoms with E-state index in [9.17, 15) is 14.4 Å². The van der Waals surface area contributed by atoms with Gasteiger partial charge in [0.1, 0.15) is 5.75 Å². The van der Waals surface area contributed by atoms with Gasteiger partial charge in [0.2, 0.25) is 5.91 Å². The van der Waals surface area contributed by atoms with Crippen LogP contribution < -0.4 is 15.0 Å². The predicted molar refractivity (Wildman–Crippen MR) is 103 cm³/mol. The monoisotopic (exact) mass is 366 g/mol. The predicted octanol–water partition coefficient (Wildman–Crippen LogP) is 3.42. The van der Waals surface area contributed by atoms with Crippen LogP contribution in [-0.4, -0.2) is 30.2 Å². The van der Waals surface area contributed by atoms with Crippen molar-refractivity contribution in [1.29, 1.82) is 0 Å². The van der Waals surface area contributed by atoms with Crippen LogP contribution in [0.5, 0.6) is 5.75 Å². The maximum Gasteiger partial charge on any atom is 0.268 e. The van der Waals surface area contributed by atoms with E-state index in [-0.39, 0.29) is 30.6 Å². The highest BCUT2D eigenvalue weighted by atomic mass is 16.5. The van der Waals surface area contributed by atoms with E-state index in [4.69, 9.17) is 4.74 Å². The van der Waals surface area contributed by atoms with Gasteiger partial charge in [-0.05, 0) is 49.7 Å². The number of benzene rings is 2. The molecule has 140 valence electrons. The molecule has 1 atom stereocenters. The molecule has 0 saturated heterocycles. The van der Waals surface area contributed by atoms with Crippen molar-refractivity contribution in [3.8, 4) is 5.75 Å². The lowest BCUT2D eigenvalue weighted by Gasteiger charge is -2.33. The van der Waals surface area contributed by atoms with Gasteiger partial charge in [-0.1, -0.05) is 19.1 Å². The second-order valence-corrected chi connectivity index (χ2v) is 6.40. The van der Waals surface area contributed by atoms with Gasteiger partial charge in [-0.25, -0.2) is 0 Å². The van der Waals surface area contributed by atoms with Crippen molar-refractivity contribution in [2.45, 2.75) is 32.8 Å². The molecule has 6 nitrogen and oxygen atoms in total. The molecule has 27 heavy (non-hydrogen) atoms. The van der Waals surface area contributed by atoms with Gasteiger partial charge in [0.15, 0.2) is 11.9 Å². The van der Waals surface area contributed by atoms with Gasteiger partial charge in [0, 0.05) is 24.2 Å². The fraction of sp³-hybridized carbons (Fsp3) is 0.286. The Bertz CT molecular complexity index is 861. The maximum atomic E-state index is 12.6. The summed E-state index contributed by atoms with van der Waals surface area (Å²) in [5.74, 6) is 0.303. The number of Topliss-reactive ketones (excluding diaryl/α,β-unsaturated/α-hetero) is 1. The minimum Gasteiger partial charge on any atom is -0.478 e. The second-order valence-electron chi connectivity index (χ2n) is 6.40. The van der Waals surface area contributed by atoms with Crippen molar-refractivity contribution in [2.75, 3.05) is 16.8 Å². The Balaban J connectivity index is 1.65. The lowest BCUT2D eigenvalue weighted by Crippen LogP contribution is -2.46. The van der Waals surface area contributed by atoms with Crippen molar-refractivity contribution in [2.24, 2.45) is 0 Å². The SMILES string of the molecule is CCC1Oc2ccccc2N(CCC(=O)Nc2ccc(C(C)=O)cc2)C1=O. The first-order valence-corrected chi connectivity index (χ1v) is 8.97. The first-order chi connectivity index (χ1) is 13.0. The zero-order valence-electron chi connectivity index (χ0n) is 15.4. The Labute approximate surface area is 158 Å². The third kappa shape index (κ3) is 4.16. The second kappa shape index (κ2) is 8.03. The van der Waals surface area contributed by atoms with Crippen LogP contribution in [0.15, 0.2) is 48.5 Å². The molecular weight excluding hydrogens is 344 g/mol. The van der Waals surface area contributed by atoms with Crippen LogP contribution in [0.25, 0.3) is 0 Å². The first kappa shape index (κ1) is 18.6. The van der Waals surface area contributed by atoms with Crippen LogP contribution in [0, 0.1) is 0 Å². The van der Waals surface area contributed by atoms with E-state index in [1.54, 1.807) is 29.2 Å². The molecule has 0 radical (unpaired) electrons. The fourth-order valence-corrected chi connectivity index (χ4v) is 2.99. The molecule has 1 aliphatic rings. The van der Waals surface area contributed by atoms with Crippen LogP contribution in [0.1, 0.15) is 37.0 Å². The van der Waals surface area contributed by atoms with Gasteiger partial charge in [0.25, 0.3) is 5.91 Å². The molecule has 0 saturated carbocycles. The van der Waals surface area contributed by atoms with Crippen molar-refractivity contribution in [3.05, 3.63) is 54.1 Å². The van der Waals surface area contributed by atoms with Gasteiger partial charge in [-0.15, -0.1) is 0 Å². The van der Waals surface area contributed by atoms with E-state index < -0.39 is 6.10 Å². The first-order valence-electron chi connectivity index (χ1n) is 8.97. The average Bonchev–Trinajstić information content (AvgIpc) is 2.67. The van der Waals surface area contributed by atoms with Crippen molar-refractivity contribution in [3.63, 3.8) is 0 Å². The lowest BCUT2D eigenvalue weighted by atomic mass is 10.1. The van der Waals surface area contributed by atoms with E-state index in [2.05, 4.69) is 5.32 Å². The summed E-state index contributed by atoms with van der Waals surface area (Å²) in [5.41, 5.74) is 1.89. The number of rotatable bonds is 6. The largest absolute Gasteiger partial charge is 0.478 e. The Morgan fingerprint density at radius 1 is 1.11 bits per heavy atom. The molecule has 0 fully saturated rings. The minimum absolute atomic E-state index is 0.0251. The molecule has 0 aliphatic carbocycles. The number of hydrogen-bond donors (Lipinski definition) is 1. The van der Waals surface area contributed by atoms with Crippen LogP contribution in [0.3, 0.4) is 0 Å². The molecule has 1 unspecified atom stereocenters. The molecule has 1 aliphatic heterocycles. The summed E-state index contributed by atoms with van der Waals surface area (Å²) in [6.45, 7) is 3.66. The molecule has 2 aromatic carbocycles. The van der Waals surface area contributed by atoms with Crippen LogP contribution in [0.4, 0.5) is 11.4 Å². The molecule has 0 spiro atoms. The molecule has 2 amide bonds. The topological polar surface area (TPSA) is 75.7 Å². The number of anilines is 2. The molecule has 3 rings (SSSR count). The molecular formula is C21H22N2O4. The van der Waals surface area contributed by atoms with Crippen LogP contribution >= 0.6 is 0 Å². The van der Waals surface area contributed by atoms with Gasteiger partial charge < -0.3 is 15.0 Å². The number of fused-ring (bicyclic) bond motifs is 1. The van der Waals surface area contributed by atoms with Gasteiger partial charge in [-0.2, -0.15) is 0 Å². The number of hydrogen-bond acceptors (Lipinski definition) is 4. The summed E-state index contributed by atoms with van der Waals surface area (Å²) < 4.78 is 5.74. The van der Waals surface area contributed by atoms with Crippen LogP contribution in [-0.2, 0) is 9.59 Å². The Morgan fingerprint density at radius 3 is 2.48 bits per heavy atom. The highest BCUT2D eigenvalue weighted by Crippen LogP contribution is 2.34. The highest BCUT2D eigenvalue weighted by molar-refractivity contribution is 6.01. The normalized spacial score (nSPS) is 15.7. The fourth-order valence-electron chi connectivity index (χ4n) is 2.99. The standard InChI is InChI=1S/C21H22N2O4/c1-3-18-21(26)23(17-6-4-5-7-19(17)27-18)13-12-20(25)22-16-10-8-15(9-11-16)14(2)24/h4-11,18H,3,12-13H2,1-2H3,(H,22,25). The van der Waals surface area contributed by atoms with E-state index in [1.807, 2.05) is 31.2 Å². The summed E-state index contributed by atoms with van der Waals surface area (Å²) in [6, 6.07) is 14.1. The number of ether oxygens (including phenoxy) is 1. The number of carbonyl (C=O) groups excluding carboxylic acids is 3.